The van der Waals surface area contributed by atoms with Gasteiger partial charge in [0.05, 0.1) is 12.0 Å². The normalized spacial score (nSPS) is 12.4. The topological polar surface area (TPSA) is 111 Å². The van der Waals surface area contributed by atoms with Crippen LogP contribution in [0.5, 0.6) is 11.5 Å². The number of hydrogen-bond acceptors (Lipinski definition) is 6. The van der Waals surface area contributed by atoms with Gasteiger partial charge in [0.2, 0.25) is 11.7 Å². The quantitative estimate of drug-likeness (QED) is 0.408. The summed E-state index contributed by atoms with van der Waals surface area (Å²) in [7, 11) is 1.32. The number of aryl methyl sites for hydroxylation is 1. The van der Waals surface area contributed by atoms with Crippen molar-refractivity contribution in [3.05, 3.63) is 63.7 Å². The Balaban J connectivity index is 2.21. The molecule has 0 aliphatic heterocycles. The molecule has 2 amide bonds. The smallest absolute Gasteiger partial charge is 0.311 e. The van der Waals surface area contributed by atoms with Crippen molar-refractivity contribution in [3.63, 3.8) is 0 Å². The van der Waals surface area contributed by atoms with E-state index in [-0.39, 0.29) is 48.2 Å². The first kappa shape index (κ1) is 25.6. The van der Waals surface area contributed by atoms with Gasteiger partial charge in [0.1, 0.15) is 11.8 Å². The lowest BCUT2D eigenvalue weighted by Gasteiger charge is -2.30. The predicted molar refractivity (Wildman–Crippen MR) is 124 cm³/mol. The van der Waals surface area contributed by atoms with Crippen LogP contribution in [0.25, 0.3) is 0 Å². The Morgan fingerprint density at radius 3 is 2.48 bits per heavy atom. The number of nitrogens with zero attached hydrogens (tertiary/aromatic N) is 2. The van der Waals surface area contributed by atoms with E-state index in [2.05, 4.69) is 5.32 Å². The molecule has 0 saturated carbocycles. The van der Waals surface area contributed by atoms with E-state index in [0.717, 1.165) is 17.5 Å². The number of nitro benzene ring substituents is 1. The zero-order valence-corrected chi connectivity index (χ0v) is 19.7. The van der Waals surface area contributed by atoms with Crippen molar-refractivity contribution in [1.29, 1.82) is 0 Å². The molecule has 9 nitrogen and oxygen atoms in total. The number of rotatable bonds is 11. The largest absolute Gasteiger partial charge is 0.490 e. The van der Waals surface area contributed by atoms with Crippen LogP contribution in [0.15, 0.2) is 42.5 Å². The molecule has 0 aliphatic rings. The molecule has 0 aromatic heterocycles. The maximum Gasteiger partial charge on any atom is 0.311 e. The van der Waals surface area contributed by atoms with E-state index in [0.29, 0.717) is 0 Å². The molecule has 9 heteroatoms. The summed E-state index contributed by atoms with van der Waals surface area (Å²) in [6, 6.07) is 10.9. The van der Waals surface area contributed by atoms with Gasteiger partial charge in [0.15, 0.2) is 6.61 Å². The number of ether oxygens (including phenoxy) is 2. The SMILES string of the molecule is CC[C@H](C)NC(=O)[C@@H](C)N(Cc1ccccc1C)C(=O)COc1ccc([N+](=O)[O-])c(OC)c1. The van der Waals surface area contributed by atoms with Gasteiger partial charge in [-0.1, -0.05) is 31.2 Å². The van der Waals surface area contributed by atoms with Gasteiger partial charge in [-0.3, -0.25) is 19.7 Å². The fourth-order valence-corrected chi connectivity index (χ4v) is 3.15. The van der Waals surface area contributed by atoms with Crippen LogP contribution in [0.1, 0.15) is 38.3 Å². The van der Waals surface area contributed by atoms with Crippen LogP contribution in [0.3, 0.4) is 0 Å². The number of carbonyl (C=O) groups is 2. The van der Waals surface area contributed by atoms with Gasteiger partial charge in [-0.2, -0.15) is 0 Å². The molecule has 0 radical (unpaired) electrons. The number of amides is 2. The highest BCUT2D eigenvalue weighted by atomic mass is 16.6. The van der Waals surface area contributed by atoms with Crippen molar-refractivity contribution in [3.8, 4) is 11.5 Å². The molecule has 33 heavy (non-hydrogen) atoms. The zero-order valence-electron chi connectivity index (χ0n) is 19.7. The van der Waals surface area contributed by atoms with E-state index in [1.54, 1.807) is 6.92 Å². The monoisotopic (exact) mass is 457 g/mol. The van der Waals surface area contributed by atoms with E-state index in [1.807, 2.05) is 45.0 Å². The lowest BCUT2D eigenvalue weighted by molar-refractivity contribution is -0.385. The van der Waals surface area contributed by atoms with E-state index in [1.165, 1.54) is 30.2 Å². The summed E-state index contributed by atoms with van der Waals surface area (Å²) in [6.07, 6.45) is 0.773. The second-order valence-electron chi connectivity index (χ2n) is 7.82. The molecule has 0 unspecified atom stereocenters. The molecule has 0 heterocycles. The Labute approximate surface area is 193 Å². The minimum Gasteiger partial charge on any atom is -0.490 e. The Morgan fingerprint density at radius 1 is 1.18 bits per heavy atom. The summed E-state index contributed by atoms with van der Waals surface area (Å²) in [4.78, 5) is 37.9. The van der Waals surface area contributed by atoms with Gasteiger partial charge in [-0.25, -0.2) is 0 Å². The summed E-state index contributed by atoms with van der Waals surface area (Å²) in [5, 5.41) is 14.0. The molecular weight excluding hydrogens is 426 g/mol. The van der Waals surface area contributed by atoms with Crippen LogP contribution in [-0.4, -0.2) is 47.4 Å². The van der Waals surface area contributed by atoms with Crippen molar-refractivity contribution < 1.29 is 24.0 Å². The van der Waals surface area contributed by atoms with Gasteiger partial charge < -0.3 is 19.7 Å². The highest BCUT2D eigenvalue weighted by Gasteiger charge is 2.27. The van der Waals surface area contributed by atoms with Crippen LogP contribution in [0, 0.1) is 17.0 Å². The first-order chi connectivity index (χ1) is 15.7. The Kier molecular flexibility index (Phi) is 9.20. The lowest BCUT2D eigenvalue weighted by atomic mass is 10.1. The molecule has 2 rings (SSSR count). The second-order valence-corrected chi connectivity index (χ2v) is 7.82. The van der Waals surface area contributed by atoms with E-state index in [9.17, 15) is 19.7 Å². The summed E-state index contributed by atoms with van der Waals surface area (Å²) < 4.78 is 10.6. The Morgan fingerprint density at radius 2 is 1.88 bits per heavy atom. The Hall–Kier alpha value is -3.62. The fourth-order valence-electron chi connectivity index (χ4n) is 3.15. The molecule has 0 fully saturated rings. The summed E-state index contributed by atoms with van der Waals surface area (Å²) in [5.41, 5.74) is 1.73. The third-order valence-corrected chi connectivity index (χ3v) is 5.48. The second kappa shape index (κ2) is 11.8. The van der Waals surface area contributed by atoms with Crippen LogP contribution in [0.4, 0.5) is 5.69 Å². The van der Waals surface area contributed by atoms with Gasteiger partial charge in [-0.05, 0) is 44.4 Å². The minimum atomic E-state index is -0.721. The molecule has 1 N–H and O–H groups in total. The van der Waals surface area contributed by atoms with Crippen LogP contribution in [-0.2, 0) is 16.1 Å². The summed E-state index contributed by atoms with van der Waals surface area (Å²) in [6.45, 7) is 7.41. The first-order valence-corrected chi connectivity index (χ1v) is 10.8. The lowest BCUT2D eigenvalue weighted by Crippen LogP contribution is -2.50. The predicted octanol–water partition coefficient (Wildman–Crippen LogP) is 3.62. The molecule has 0 bridgehead atoms. The van der Waals surface area contributed by atoms with Crippen LogP contribution in [0.2, 0.25) is 0 Å². The third kappa shape index (κ3) is 6.93. The average molecular weight is 458 g/mol. The molecule has 2 aromatic carbocycles. The highest BCUT2D eigenvalue weighted by Crippen LogP contribution is 2.30. The number of nitrogens with one attached hydrogen (secondary N) is 1. The number of benzene rings is 2. The number of methoxy groups -OCH3 is 1. The van der Waals surface area contributed by atoms with Gasteiger partial charge in [0.25, 0.3) is 5.91 Å². The van der Waals surface area contributed by atoms with Crippen molar-refractivity contribution in [2.75, 3.05) is 13.7 Å². The molecule has 0 saturated heterocycles. The minimum absolute atomic E-state index is 0.0146. The number of nitro groups is 1. The maximum absolute atomic E-state index is 13.1. The standard InChI is InChI=1S/C24H31N3O6/c1-6-17(3)25-24(29)18(4)26(14-19-10-8-7-9-16(19)2)23(28)15-33-20-11-12-21(27(30)31)22(13-20)32-5/h7-13,17-18H,6,14-15H2,1-5H3,(H,25,29)/t17-,18+/m0/s1. The molecule has 0 spiro atoms. The summed E-state index contributed by atoms with van der Waals surface area (Å²) >= 11 is 0. The van der Waals surface area contributed by atoms with Crippen LogP contribution < -0.4 is 14.8 Å². The molecule has 178 valence electrons. The zero-order chi connectivity index (χ0) is 24.5. The van der Waals surface area contributed by atoms with E-state index >= 15 is 0 Å². The first-order valence-electron chi connectivity index (χ1n) is 10.8. The maximum atomic E-state index is 13.1. The van der Waals surface area contributed by atoms with Crippen molar-refractivity contribution in [2.45, 2.75) is 52.7 Å². The molecule has 2 atom stereocenters. The van der Waals surface area contributed by atoms with E-state index < -0.39 is 11.0 Å². The van der Waals surface area contributed by atoms with Crippen molar-refractivity contribution in [2.24, 2.45) is 0 Å². The van der Waals surface area contributed by atoms with Gasteiger partial charge >= 0.3 is 5.69 Å². The van der Waals surface area contributed by atoms with Gasteiger partial charge in [-0.15, -0.1) is 0 Å². The highest BCUT2D eigenvalue weighted by molar-refractivity contribution is 5.88. The van der Waals surface area contributed by atoms with Gasteiger partial charge in [0, 0.05) is 24.7 Å². The number of hydrogen-bond donors (Lipinski definition) is 1. The van der Waals surface area contributed by atoms with Crippen molar-refractivity contribution >= 4 is 17.5 Å². The average Bonchev–Trinajstić information content (AvgIpc) is 2.80. The van der Waals surface area contributed by atoms with E-state index in [4.69, 9.17) is 9.47 Å². The summed E-state index contributed by atoms with van der Waals surface area (Å²) in [5.74, 6) is -0.355. The molecule has 0 aliphatic carbocycles. The van der Waals surface area contributed by atoms with Crippen molar-refractivity contribution in [1.82, 2.24) is 10.2 Å². The molecule has 2 aromatic rings. The number of carbonyl (C=O) groups excluding carboxylic acids is 2. The fraction of sp³-hybridized carbons (Fsp3) is 0.417. The third-order valence-electron chi connectivity index (χ3n) is 5.48. The molecular formula is C24H31N3O6. The Bertz CT molecular complexity index is 994. The van der Waals surface area contributed by atoms with Crippen LogP contribution >= 0.6 is 0 Å².